The Kier molecular flexibility index (Phi) is 5.32. The van der Waals surface area contributed by atoms with Gasteiger partial charge < -0.3 is 16.2 Å². The van der Waals surface area contributed by atoms with E-state index in [1.165, 1.54) is 0 Å². The summed E-state index contributed by atoms with van der Waals surface area (Å²) in [4.78, 5) is 22.0. The number of benzene rings is 1. The van der Waals surface area contributed by atoms with Crippen LogP contribution in [-0.2, 0) is 11.3 Å². The van der Waals surface area contributed by atoms with E-state index in [1.807, 2.05) is 13.0 Å². The predicted molar refractivity (Wildman–Crippen MR) is 68.1 cm³/mol. The van der Waals surface area contributed by atoms with Crippen LogP contribution in [0.5, 0.6) is 0 Å². The summed E-state index contributed by atoms with van der Waals surface area (Å²) in [7, 11) is 0. The standard InChI is InChI=1S/C13H18N2O3/c1-2-4-11(13(17)18)15-8-9-5-3-6-10(7-9)12(14)16/h3,5-7,11,15H,2,4,8H2,1H3,(H2,14,16)(H,17,18). The monoisotopic (exact) mass is 250 g/mol. The lowest BCUT2D eigenvalue weighted by Crippen LogP contribution is -2.36. The van der Waals surface area contributed by atoms with E-state index in [1.54, 1.807) is 18.2 Å². The normalized spacial score (nSPS) is 12.1. The van der Waals surface area contributed by atoms with E-state index in [-0.39, 0.29) is 0 Å². The summed E-state index contributed by atoms with van der Waals surface area (Å²) < 4.78 is 0. The maximum atomic E-state index is 11.0. The van der Waals surface area contributed by atoms with Gasteiger partial charge in [-0.15, -0.1) is 0 Å². The molecule has 5 heteroatoms. The molecule has 5 nitrogen and oxygen atoms in total. The molecule has 0 aliphatic rings. The lowest BCUT2D eigenvalue weighted by molar-refractivity contribution is -0.139. The molecule has 1 aromatic carbocycles. The van der Waals surface area contributed by atoms with Crippen molar-refractivity contribution in [3.8, 4) is 0 Å². The van der Waals surface area contributed by atoms with Crippen LogP contribution in [0.2, 0.25) is 0 Å². The quantitative estimate of drug-likeness (QED) is 0.676. The Morgan fingerprint density at radius 2 is 2.17 bits per heavy atom. The molecule has 1 rings (SSSR count). The highest BCUT2D eigenvalue weighted by molar-refractivity contribution is 5.92. The van der Waals surface area contributed by atoms with Crippen molar-refractivity contribution >= 4 is 11.9 Å². The summed E-state index contributed by atoms with van der Waals surface area (Å²) in [6, 6.07) is 6.29. The molecule has 1 aromatic rings. The molecule has 0 bridgehead atoms. The van der Waals surface area contributed by atoms with Crippen molar-refractivity contribution < 1.29 is 14.7 Å². The molecule has 0 aromatic heterocycles. The van der Waals surface area contributed by atoms with Crippen LogP contribution in [0, 0.1) is 0 Å². The maximum Gasteiger partial charge on any atom is 0.320 e. The molecule has 98 valence electrons. The van der Waals surface area contributed by atoms with Crippen LogP contribution in [0.1, 0.15) is 35.7 Å². The van der Waals surface area contributed by atoms with Crippen LogP contribution in [-0.4, -0.2) is 23.0 Å². The molecule has 1 amide bonds. The van der Waals surface area contributed by atoms with Gasteiger partial charge in [-0.25, -0.2) is 0 Å². The molecule has 1 atom stereocenters. The second-order valence-corrected chi connectivity index (χ2v) is 4.13. The van der Waals surface area contributed by atoms with Gasteiger partial charge in [0.1, 0.15) is 6.04 Å². The predicted octanol–water partition coefficient (Wildman–Crippen LogP) is 1.13. The zero-order valence-electron chi connectivity index (χ0n) is 10.3. The van der Waals surface area contributed by atoms with Crippen molar-refractivity contribution in [1.82, 2.24) is 5.32 Å². The van der Waals surface area contributed by atoms with E-state index in [4.69, 9.17) is 10.8 Å². The summed E-state index contributed by atoms with van der Waals surface area (Å²) in [6.45, 7) is 2.34. The van der Waals surface area contributed by atoms with Crippen molar-refractivity contribution in [2.24, 2.45) is 5.73 Å². The number of primary amides is 1. The zero-order chi connectivity index (χ0) is 13.5. The lowest BCUT2D eigenvalue weighted by Gasteiger charge is -2.13. The highest BCUT2D eigenvalue weighted by Crippen LogP contribution is 2.06. The Balaban J connectivity index is 2.64. The molecule has 0 saturated heterocycles. The first-order valence-corrected chi connectivity index (χ1v) is 5.89. The van der Waals surface area contributed by atoms with Crippen LogP contribution in [0.4, 0.5) is 0 Å². The fourth-order valence-electron chi connectivity index (χ4n) is 1.68. The number of nitrogens with two attached hydrogens (primary N) is 1. The third kappa shape index (κ3) is 4.18. The van der Waals surface area contributed by atoms with Gasteiger partial charge in [-0.2, -0.15) is 0 Å². The van der Waals surface area contributed by atoms with Crippen molar-refractivity contribution in [2.45, 2.75) is 32.4 Å². The Hall–Kier alpha value is -1.88. The van der Waals surface area contributed by atoms with Gasteiger partial charge in [0.25, 0.3) is 0 Å². The number of aliphatic carboxylic acids is 1. The molecule has 0 spiro atoms. The molecule has 0 aliphatic heterocycles. The first-order valence-electron chi connectivity index (χ1n) is 5.89. The van der Waals surface area contributed by atoms with Crippen molar-refractivity contribution in [2.75, 3.05) is 0 Å². The first-order chi connectivity index (χ1) is 8.54. The van der Waals surface area contributed by atoms with E-state index in [0.29, 0.717) is 18.5 Å². The summed E-state index contributed by atoms with van der Waals surface area (Å²) >= 11 is 0. The second kappa shape index (κ2) is 6.76. The Labute approximate surface area is 106 Å². The van der Waals surface area contributed by atoms with Gasteiger partial charge in [0.15, 0.2) is 0 Å². The van der Waals surface area contributed by atoms with Gasteiger partial charge in [0.2, 0.25) is 5.91 Å². The minimum atomic E-state index is -0.858. The van der Waals surface area contributed by atoms with Gasteiger partial charge in [0, 0.05) is 12.1 Å². The molecule has 1 unspecified atom stereocenters. The van der Waals surface area contributed by atoms with E-state index in [9.17, 15) is 9.59 Å². The molecule has 0 saturated carbocycles. The summed E-state index contributed by atoms with van der Waals surface area (Å²) in [6.07, 6.45) is 1.37. The number of carbonyl (C=O) groups excluding carboxylic acids is 1. The number of nitrogens with one attached hydrogen (secondary N) is 1. The fourth-order valence-corrected chi connectivity index (χ4v) is 1.68. The maximum absolute atomic E-state index is 11.0. The smallest absolute Gasteiger partial charge is 0.320 e. The number of hydrogen-bond donors (Lipinski definition) is 3. The number of carboxylic acids is 1. The van der Waals surface area contributed by atoms with Crippen LogP contribution in [0.3, 0.4) is 0 Å². The third-order valence-corrected chi connectivity index (χ3v) is 2.64. The molecule has 0 radical (unpaired) electrons. The average molecular weight is 250 g/mol. The number of carboxylic acid groups (broad SMARTS) is 1. The lowest BCUT2D eigenvalue weighted by atomic mass is 10.1. The van der Waals surface area contributed by atoms with E-state index in [0.717, 1.165) is 12.0 Å². The molecule has 0 aliphatic carbocycles. The molecular weight excluding hydrogens is 232 g/mol. The number of rotatable bonds is 7. The van der Waals surface area contributed by atoms with Gasteiger partial charge in [-0.05, 0) is 24.1 Å². The van der Waals surface area contributed by atoms with Crippen molar-refractivity contribution in [3.63, 3.8) is 0 Å². The average Bonchev–Trinajstić information content (AvgIpc) is 2.34. The molecule has 0 heterocycles. The third-order valence-electron chi connectivity index (χ3n) is 2.64. The molecule has 0 fully saturated rings. The largest absolute Gasteiger partial charge is 0.480 e. The minimum absolute atomic E-state index is 0.401. The SMILES string of the molecule is CCCC(NCc1cccc(C(N)=O)c1)C(=O)O. The van der Waals surface area contributed by atoms with Crippen LogP contribution >= 0.6 is 0 Å². The molecular formula is C13H18N2O3. The number of carbonyl (C=O) groups is 2. The van der Waals surface area contributed by atoms with Crippen molar-refractivity contribution in [1.29, 1.82) is 0 Å². The number of hydrogen-bond acceptors (Lipinski definition) is 3. The second-order valence-electron chi connectivity index (χ2n) is 4.13. The van der Waals surface area contributed by atoms with Gasteiger partial charge >= 0.3 is 5.97 Å². The Morgan fingerprint density at radius 3 is 2.72 bits per heavy atom. The first kappa shape index (κ1) is 14.2. The van der Waals surface area contributed by atoms with Crippen LogP contribution in [0.25, 0.3) is 0 Å². The molecule has 4 N–H and O–H groups in total. The zero-order valence-corrected chi connectivity index (χ0v) is 10.3. The minimum Gasteiger partial charge on any atom is -0.480 e. The van der Waals surface area contributed by atoms with Crippen LogP contribution in [0.15, 0.2) is 24.3 Å². The van der Waals surface area contributed by atoms with E-state index >= 15 is 0 Å². The van der Waals surface area contributed by atoms with E-state index < -0.39 is 17.9 Å². The van der Waals surface area contributed by atoms with Crippen LogP contribution < -0.4 is 11.1 Å². The fraction of sp³-hybridized carbons (Fsp3) is 0.385. The topological polar surface area (TPSA) is 92.4 Å². The van der Waals surface area contributed by atoms with Gasteiger partial charge in [0.05, 0.1) is 0 Å². The Bertz CT molecular complexity index is 432. The highest BCUT2D eigenvalue weighted by atomic mass is 16.4. The summed E-state index contributed by atoms with van der Waals surface area (Å²) in [5.74, 6) is -1.34. The molecule has 18 heavy (non-hydrogen) atoms. The van der Waals surface area contributed by atoms with E-state index in [2.05, 4.69) is 5.32 Å². The summed E-state index contributed by atoms with van der Waals surface area (Å²) in [5.41, 5.74) is 6.45. The Morgan fingerprint density at radius 1 is 1.44 bits per heavy atom. The van der Waals surface area contributed by atoms with Gasteiger partial charge in [-0.3, -0.25) is 9.59 Å². The van der Waals surface area contributed by atoms with Gasteiger partial charge in [-0.1, -0.05) is 25.5 Å². The highest BCUT2D eigenvalue weighted by Gasteiger charge is 2.15. The summed E-state index contributed by atoms with van der Waals surface area (Å²) in [5, 5.41) is 11.9. The van der Waals surface area contributed by atoms with Crippen molar-refractivity contribution in [3.05, 3.63) is 35.4 Å². The number of amides is 1.